The molecule has 1 saturated heterocycles. The maximum Gasteiger partial charge on any atom is 0.173 e. The van der Waals surface area contributed by atoms with Crippen LogP contribution in [0.1, 0.15) is 24.0 Å². The first-order valence-electron chi connectivity index (χ1n) is 9.75. The number of thiocarbonyl (C=S) groups is 1. The molecular weight excluding hydrogens is 400 g/mol. The fourth-order valence-electron chi connectivity index (χ4n) is 4.11. The van der Waals surface area contributed by atoms with Gasteiger partial charge < -0.3 is 15.3 Å². The molecule has 3 aromatic rings. The van der Waals surface area contributed by atoms with Gasteiger partial charge in [0.2, 0.25) is 0 Å². The Labute approximate surface area is 181 Å². The second kappa shape index (κ2) is 8.54. The molecule has 0 spiro atoms. The maximum atomic E-state index is 12.1. The lowest BCUT2D eigenvalue weighted by Crippen LogP contribution is -2.51. The number of hydrogen-bond acceptors (Lipinski definition) is 2. The van der Waals surface area contributed by atoms with E-state index in [1.54, 1.807) is 0 Å². The molecule has 4 rings (SSSR count). The van der Waals surface area contributed by atoms with Crippen LogP contribution in [0, 0.1) is 0 Å². The highest BCUT2D eigenvalue weighted by Gasteiger charge is 2.46. The summed E-state index contributed by atoms with van der Waals surface area (Å²) in [7, 11) is 0. The largest absolute Gasteiger partial charge is 0.378 e. The van der Waals surface area contributed by atoms with Crippen LogP contribution in [0.2, 0.25) is 5.02 Å². The van der Waals surface area contributed by atoms with Gasteiger partial charge in [-0.1, -0.05) is 72.3 Å². The molecule has 148 valence electrons. The van der Waals surface area contributed by atoms with Gasteiger partial charge in [-0.3, -0.25) is 0 Å². The van der Waals surface area contributed by atoms with Crippen LogP contribution in [0.5, 0.6) is 0 Å². The molecule has 5 heteroatoms. The van der Waals surface area contributed by atoms with Gasteiger partial charge in [0, 0.05) is 17.3 Å². The van der Waals surface area contributed by atoms with E-state index in [0.29, 0.717) is 10.1 Å². The molecule has 3 nitrogen and oxygen atoms in total. The Bertz CT molecular complexity index is 924. The molecule has 3 aromatic carbocycles. The van der Waals surface area contributed by atoms with Crippen molar-refractivity contribution in [2.75, 3.05) is 11.9 Å². The van der Waals surface area contributed by atoms with E-state index in [1.807, 2.05) is 84.9 Å². The Morgan fingerprint density at radius 3 is 2.03 bits per heavy atom. The zero-order valence-electron chi connectivity index (χ0n) is 16.0. The molecular formula is C24H23ClN2OS. The van der Waals surface area contributed by atoms with E-state index in [2.05, 4.69) is 10.2 Å². The Morgan fingerprint density at radius 1 is 0.931 bits per heavy atom. The SMILES string of the molecule is OC(c1ccccc1)(c1ccccc1)[C@@H]1CCCN1C(=S)Nc1ccc(Cl)cc1. The summed E-state index contributed by atoms with van der Waals surface area (Å²) in [4.78, 5) is 2.12. The lowest BCUT2D eigenvalue weighted by Gasteiger charge is -2.41. The van der Waals surface area contributed by atoms with Crippen molar-refractivity contribution in [1.29, 1.82) is 0 Å². The summed E-state index contributed by atoms with van der Waals surface area (Å²) < 4.78 is 0. The Kier molecular flexibility index (Phi) is 5.86. The number of nitrogens with zero attached hydrogens (tertiary/aromatic N) is 1. The lowest BCUT2D eigenvalue weighted by atomic mass is 9.79. The monoisotopic (exact) mass is 422 g/mol. The third-order valence-corrected chi connectivity index (χ3v) is 6.11. The molecule has 1 heterocycles. The number of likely N-dealkylation sites (tertiary alicyclic amines) is 1. The molecule has 29 heavy (non-hydrogen) atoms. The minimum absolute atomic E-state index is 0.167. The topological polar surface area (TPSA) is 35.5 Å². The zero-order chi connectivity index (χ0) is 20.3. The highest BCUT2D eigenvalue weighted by Crippen LogP contribution is 2.40. The molecule has 2 N–H and O–H groups in total. The van der Waals surface area contributed by atoms with Crippen molar-refractivity contribution in [3.8, 4) is 0 Å². The molecule has 1 atom stereocenters. The van der Waals surface area contributed by atoms with Gasteiger partial charge in [-0.05, 0) is 60.5 Å². The minimum Gasteiger partial charge on any atom is -0.378 e. The summed E-state index contributed by atoms with van der Waals surface area (Å²) in [6.07, 6.45) is 1.82. The molecule has 1 aliphatic rings. The van der Waals surface area contributed by atoms with Crippen LogP contribution < -0.4 is 5.32 Å². The number of rotatable bonds is 4. The standard InChI is InChI=1S/C24H23ClN2OS/c25-20-13-15-21(16-14-20)26-23(29)27-17-7-12-22(27)24(28,18-8-3-1-4-9-18)19-10-5-2-6-11-19/h1-6,8-11,13-16,22,28H,7,12,17H2,(H,26,29)/t22-/m0/s1. The van der Waals surface area contributed by atoms with Crippen LogP contribution in [-0.2, 0) is 5.60 Å². The predicted octanol–water partition coefficient (Wildman–Crippen LogP) is 5.44. The van der Waals surface area contributed by atoms with Crippen molar-refractivity contribution in [3.63, 3.8) is 0 Å². The second-order valence-electron chi connectivity index (χ2n) is 7.29. The predicted molar refractivity (Wildman–Crippen MR) is 123 cm³/mol. The van der Waals surface area contributed by atoms with Gasteiger partial charge >= 0.3 is 0 Å². The molecule has 1 fully saturated rings. The molecule has 1 aliphatic heterocycles. The lowest BCUT2D eigenvalue weighted by molar-refractivity contribution is 0.0175. The smallest absolute Gasteiger partial charge is 0.173 e. The quantitative estimate of drug-likeness (QED) is 0.549. The van der Waals surface area contributed by atoms with Crippen LogP contribution in [0.15, 0.2) is 84.9 Å². The van der Waals surface area contributed by atoms with E-state index in [0.717, 1.165) is 36.2 Å². The fourth-order valence-corrected chi connectivity index (χ4v) is 4.57. The van der Waals surface area contributed by atoms with Crippen molar-refractivity contribution in [3.05, 3.63) is 101 Å². The van der Waals surface area contributed by atoms with Gasteiger partial charge in [0.25, 0.3) is 0 Å². The van der Waals surface area contributed by atoms with Gasteiger partial charge in [-0.15, -0.1) is 0 Å². The van der Waals surface area contributed by atoms with Crippen LogP contribution in [0.25, 0.3) is 0 Å². The van der Waals surface area contributed by atoms with Gasteiger partial charge in [0.15, 0.2) is 5.11 Å². The van der Waals surface area contributed by atoms with Gasteiger partial charge in [0.05, 0.1) is 6.04 Å². The zero-order valence-corrected chi connectivity index (χ0v) is 17.5. The van der Waals surface area contributed by atoms with Crippen LogP contribution >= 0.6 is 23.8 Å². The van der Waals surface area contributed by atoms with Crippen molar-refractivity contribution in [1.82, 2.24) is 4.90 Å². The van der Waals surface area contributed by atoms with Crippen molar-refractivity contribution >= 4 is 34.6 Å². The van der Waals surface area contributed by atoms with E-state index in [-0.39, 0.29) is 6.04 Å². The highest BCUT2D eigenvalue weighted by atomic mass is 35.5. The van der Waals surface area contributed by atoms with E-state index in [1.165, 1.54) is 0 Å². The summed E-state index contributed by atoms with van der Waals surface area (Å²) in [5.41, 5.74) is 1.47. The highest BCUT2D eigenvalue weighted by molar-refractivity contribution is 7.80. The number of benzene rings is 3. The first-order valence-corrected chi connectivity index (χ1v) is 10.5. The minimum atomic E-state index is -1.16. The molecule has 0 aromatic heterocycles. The van der Waals surface area contributed by atoms with Crippen molar-refractivity contribution in [2.24, 2.45) is 0 Å². The number of anilines is 1. The first-order chi connectivity index (χ1) is 14.1. The molecule has 0 amide bonds. The summed E-state index contributed by atoms with van der Waals surface area (Å²) in [6.45, 7) is 0.798. The second-order valence-corrected chi connectivity index (χ2v) is 8.11. The van der Waals surface area contributed by atoms with E-state index >= 15 is 0 Å². The number of nitrogens with one attached hydrogen (secondary N) is 1. The summed E-state index contributed by atoms with van der Waals surface area (Å²) in [5.74, 6) is 0. The van der Waals surface area contributed by atoms with Crippen molar-refractivity contribution < 1.29 is 5.11 Å². The van der Waals surface area contributed by atoms with Crippen molar-refractivity contribution in [2.45, 2.75) is 24.5 Å². The molecule has 0 unspecified atom stereocenters. The molecule has 0 bridgehead atoms. The van der Waals surface area contributed by atoms with E-state index < -0.39 is 5.60 Å². The Balaban J connectivity index is 1.68. The van der Waals surface area contributed by atoms with Crippen LogP contribution in [0.4, 0.5) is 5.69 Å². The average Bonchev–Trinajstić information content (AvgIpc) is 3.27. The number of halogens is 1. The fraction of sp³-hybridized carbons (Fsp3) is 0.208. The van der Waals surface area contributed by atoms with Crippen LogP contribution in [0.3, 0.4) is 0 Å². The summed E-state index contributed by atoms with van der Waals surface area (Å²) in [6, 6.07) is 27.0. The van der Waals surface area contributed by atoms with Gasteiger partial charge in [-0.2, -0.15) is 0 Å². The summed E-state index contributed by atoms with van der Waals surface area (Å²) in [5, 5.41) is 16.7. The number of aliphatic hydroxyl groups is 1. The Hall–Kier alpha value is -2.40. The molecule has 0 aliphatic carbocycles. The third-order valence-electron chi connectivity index (χ3n) is 5.52. The summed E-state index contributed by atoms with van der Waals surface area (Å²) >= 11 is 11.7. The van der Waals surface area contributed by atoms with Crippen LogP contribution in [-0.4, -0.2) is 27.7 Å². The van der Waals surface area contributed by atoms with Gasteiger partial charge in [0.1, 0.15) is 5.60 Å². The number of hydrogen-bond donors (Lipinski definition) is 2. The third kappa shape index (κ3) is 4.01. The van der Waals surface area contributed by atoms with E-state index in [4.69, 9.17) is 23.8 Å². The first kappa shape index (κ1) is 19.9. The molecule has 0 radical (unpaired) electrons. The average molecular weight is 423 g/mol. The van der Waals surface area contributed by atoms with Gasteiger partial charge in [-0.25, -0.2) is 0 Å². The Morgan fingerprint density at radius 2 is 1.48 bits per heavy atom. The maximum absolute atomic E-state index is 12.1. The molecule has 0 saturated carbocycles. The van der Waals surface area contributed by atoms with E-state index in [9.17, 15) is 5.11 Å². The normalized spacial score (nSPS) is 16.6.